The molecule has 1 heterocycles. The highest BCUT2D eigenvalue weighted by Gasteiger charge is 2.18. The van der Waals surface area contributed by atoms with Gasteiger partial charge in [-0.1, -0.05) is 54.1 Å². The predicted molar refractivity (Wildman–Crippen MR) is 139 cm³/mol. The molecular weight excluding hydrogens is 448 g/mol. The Balaban J connectivity index is 1.47. The second-order valence-corrected chi connectivity index (χ2v) is 8.74. The number of carbonyl (C=O) groups excluding carboxylic acids is 2. The largest absolute Gasteiger partial charge is 0.370 e. The number of hydrogen-bond acceptors (Lipinski definition) is 3. The fourth-order valence-electron chi connectivity index (χ4n) is 4.10. The molecule has 0 aliphatic carbocycles. The lowest BCUT2D eigenvalue weighted by Gasteiger charge is -2.31. The van der Waals surface area contributed by atoms with Crippen LogP contribution in [0.5, 0.6) is 0 Å². The predicted octanol–water partition coefficient (Wildman–Crippen LogP) is 5.95. The lowest BCUT2D eigenvalue weighted by atomic mass is 10.1. The summed E-state index contributed by atoms with van der Waals surface area (Å²) >= 11 is 6.17. The molecule has 1 aliphatic rings. The van der Waals surface area contributed by atoms with Crippen molar-refractivity contribution in [3.63, 3.8) is 0 Å². The molecule has 4 rings (SSSR count). The number of nitrogens with zero attached hydrogens (tertiary/aromatic N) is 1. The Hall–Kier alpha value is -3.51. The van der Waals surface area contributed by atoms with E-state index >= 15 is 0 Å². The van der Waals surface area contributed by atoms with Crippen LogP contribution in [0, 0.1) is 0 Å². The summed E-state index contributed by atoms with van der Waals surface area (Å²) in [5.74, 6) is -0.297. The Morgan fingerprint density at radius 2 is 1.59 bits per heavy atom. The Morgan fingerprint density at radius 1 is 0.853 bits per heavy atom. The summed E-state index contributed by atoms with van der Waals surface area (Å²) in [5, 5.41) is 9.20. The Morgan fingerprint density at radius 3 is 2.35 bits per heavy atom. The van der Waals surface area contributed by atoms with Crippen molar-refractivity contribution in [3.05, 3.63) is 88.9 Å². The van der Waals surface area contributed by atoms with Crippen molar-refractivity contribution in [2.75, 3.05) is 35.2 Å². The molecule has 0 bridgehead atoms. The molecule has 0 atom stereocenters. The number of rotatable bonds is 7. The first-order valence-corrected chi connectivity index (χ1v) is 12.0. The number of piperidine rings is 1. The van der Waals surface area contributed by atoms with Gasteiger partial charge < -0.3 is 20.9 Å². The average Bonchev–Trinajstić information content (AvgIpc) is 2.85. The van der Waals surface area contributed by atoms with E-state index in [2.05, 4.69) is 20.9 Å². The minimum absolute atomic E-state index is 0.274. The molecule has 34 heavy (non-hydrogen) atoms. The van der Waals surface area contributed by atoms with Gasteiger partial charge in [0.05, 0.1) is 22.0 Å². The number of nitrogens with one attached hydrogen (secondary N) is 3. The maximum atomic E-state index is 12.7. The molecule has 0 spiro atoms. The van der Waals surface area contributed by atoms with Gasteiger partial charge in [0.25, 0.3) is 5.91 Å². The number of amides is 3. The summed E-state index contributed by atoms with van der Waals surface area (Å²) in [6.45, 7) is 2.41. The molecule has 1 fully saturated rings. The van der Waals surface area contributed by atoms with E-state index in [1.165, 1.54) is 12.0 Å². The van der Waals surface area contributed by atoms with Crippen molar-refractivity contribution in [1.82, 2.24) is 5.32 Å². The molecule has 3 aromatic rings. The van der Waals surface area contributed by atoms with Crippen molar-refractivity contribution < 1.29 is 9.59 Å². The molecule has 6 nitrogen and oxygen atoms in total. The van der Waals surface area contributed by atoms with Crippen molar-refractivity contribution in [2.45, 2.75) is 25.7 Å². The van der Waals surface area contributed by atoms with Gasteiger partial charge in [-0.05, 0) is 61.6 Å². The third-order valence-corrected chi connectivity index (χ3v) is 6.19. The molecule has 0 radical (unpaired) electrons. The maximum absolute atomic E-state index is 12.7. The smallest absolute Gasteiger partial charge is 0.319 e. The fourth-order valence-corrected chi connectivity index (χ4v) is 4.32. The summed E-state index contributed by atoms with van der Waals surface area (Å²) in [5.41, 5.74) is 3.77. The first-order valence-electron chi connectivity index (χ1n) is 11.6. The van der Waals surface area contributed by atoms with E-state index in [0.717, 1.165) is 38.0 Å². The fraction of sp³-hybridized carbons (Fsp3) is 0.259. The van der Waals surface area contributed by atoms with E-state index in [1.807, 2.05) is 42.5 Å². The van der Waals surface area contributed by atoms with Gasteiger partial charge in [0.2, 0.25) is 0 Å². The monoisotopic (exact) mass is 476 g/mol. The molecule has 3 amide bonds. The van der Waals surface area contributed by atoms with Gasteiger partial charge >= 0.3 is 6.03 Å². The summed E-state index contributed by atoms with van der Waals surface area (Å²) in [7, 11) is 0. The molecular formula is C27H29ClN4O2. The summed E-state index contributed by atoms with van der Waals surface area (Å²) in [6, 6.07) is 22.3. The van der Waals surface area contributed by atoms with Crippen LogP contribution in [0.15, 0.2) is 72.8 Å². The van der Waals surface area contributed by atoms with Crippen LogP contribution in [0.4, 0.5) is 21.9 Å². The first kappa shape index (κ1) is 23.6. The van der Waals surface area contributed by atoms with Gasteiger partial charge in [-0.15, -0.1) is 0 Å². The van der Waals surface area contributed by atoms with Gasteiger partial charge in [-0.25, -0.2) is 4.79 Å². The molecule has 0 aromatic heterocycles. The third kappa shape index (κ3) is 6.29. The Kier molecular flexibility index (Phi) is 8.04. The highest BCUT2D eigenvalue weighted by Crippen LogP contribution is 2.32. The molecule has 1 saturated heterocycles. The molecule has 3 aromatic carbocycles. The number of benzene rings is 3. The molecule has 3 N–H and O–H groups in total. The zero-order valence-electron chi connectivity index (χ0n) is 19.0. The molecule has 7 heteroatoms. The van der Waals surface area contributed by atoms with E-state index in [1.54, 1.807) is 30.3 Å². The molecule has 0 saturated carbocycles. The van der Waals surface area contributed by atoms with Crippen LogP contribution in [0.25, 0.3) is 0 Å². The van der Waals surface area contributed by atoms with Gasteiger partial charge in [0.15, 0.2) is 0 Å². The Bertz CT molecular complexity index is 1130. The van der Waals surface area contributed by atoms with Crippen molar-refractivity contribution >= 4 is 40.6 Å². The van der Waals surface area contributed by atoms with Crippen LogP contribution in [-0.2, 0) is 6.42 Å². The normalized spacial score (nSPS) is 13.3. The minimum atomic E-state index is -0.297. The molecule has 1 aliphatic heterocycles. The highest BCUT2D eigenvalue weighted by atomic mass is 35.5. The van der Waals surface area contributed by atoms with Crippen LogP contribution >= 0.6 is 11.6 Å². The quantitative estimate of drug-likeness (QED) is 0.394. The maximum Gasteiger partial charge on any atom is 0.319 e. The van der Waals surface area contributed by atoms with Gasteiger partial charge in [0, 0.05) is 25.3 Å². The highest BCUT2D eigenvalue weighted by molar-refractivity contribution is 6.34. The van der Waals surface area contributed by atoms with E-state index < -0.39 is 0 Å². The SMILES string of the molecule is O=C(NCCc1ccccc1)Nc1cc(NC(=O)c2ccccc2Cl)ccc1N1CCCCC1. The van der Waals surface area contributed by atoms with E-state index in [4.69, 9.17) is 11.6 Å². The summed E-state index contributed by atoms with van der Waals surface area (Å²) < 4.78 is 0. The minimum Gasteiger partial charge on any atom is -0.370 e. The second kappa shape index (κ2) is 11.6. The average molecular weight is 477 g/mol. The van der Waals surface area contributed by atoms with E-state index in [9.17, 15) is 9.59 Å². The number of halogens is 1. The van der Waals surface area contributed by atoms with Gasteiger partial charge in [-0.3, -0.25) is 4.79 Å². The summed E-state index contributed by atoms with van der Waals surface area (Å²) in [4.78, 5) is 27.7. The third-order valence-electron chi connectivity index (χ3n) is 5.86. The van der Waals surface area contributed by atoms with E-state index in [0.29, 0.717) is 28.5 Å². The first-order chi connectivity index (χ1) is 16.6. The molecule has 0 unspecified atom stereocenters. The number of urea groups is 1. The summed E-state index contributed by atoms with van der Waals surface area (Å²) in [6.07, 6.45) is 4.20. The van der Waals surface area contributed by atoms with Gasteiger partial charge in [-0.2, -0.15) is 0 Å². The van der Waals surface area contributed by atoms with Crippen LogP contribution < -0.4 is 20.9 Å². The van der Waals surface area contributed by atoms with Crippen molar-refractivity contribution in [1.29, 1.82) is 0 Å². The zero-order valence-corrected chi connectivity index (χ0v) is 19.8. The zero-order chi connectivity index (χ0) is 23.8. The Labute approximate surface area is 205 Å². The molecule has 176 valence electrons. The number of hydrogen-bond donors (Lipinski definition) is 3. The number of carbonyl (C=O) groups is 2. The van der Waals surface area contributed by atoms with E-state index in [-0.39, 0.29) is 11.9 Å². The lowest BCUT2D eigenvalue weighted by Crippen LogP contribution is -2.33. The topological polar surface area (TPSA) is 73.5 Å². The lowest BCUT2D eigenvalue weighted by molar-refractivity contribution is 0.102. The van der Waals surface area contributed by atoms with Crippen LogP contribution in [-0.4, -0.2) is 31.6 Å². The van der Waals surface area contributed by atoms with Crippen LogP contribution in [0.1, 0.15) is 35.2 Å². The van der Waals surface area contributed by atoms with Gasteiger partial charge in [0.1, 0.15) is 0 Å². The second-order valence-electron chi connectivity index (χ2n) is 8.33. The standard InChI is InChI=1S/C27H29ClN4O2/c28-23-12-6-5-11-22(23)26(33)30-21-13-14-25(32-17-7-2-8-18-32)24(19-21)31-27(34)29-16-15-20-9-3-1-4-10-20/h1,3-6,9-14,19H,2,7-8,15-18H2,(H,30,33)(H2,29,31,34). The number of anilines is 3. The van der Waals surface area contributed by atoms with Crippen LogP contribution in [0.3, 0.4) is 0 Å². The van der Waals surface area contributed by atoms with Crippen LogP contribution in [0.2, 0.25) is 5.02 Å². The van der Waals surface area contributed by atoms with Crippen molar-refractivity contribution in [2.24, 2.45) is 0 Å². The van der Waals surface area contributed by atoms with Crippen molar-refractivity contribution in [3.8, 4) is 0 Å².